The summed E-state index contributed by atoms with van der Waals surface area (Å²) in [6.45, 7) is 6.27. The van der Waals surface area contributed by atoms with E-state index in [0.29, 0.717) is 0 Å². The first-order valence-electron chi connectivity index (χ1n) is 5.06. The zero-order chi connectivity index (χ0) is 11.8. The number of carbonyl (C=O) groups is 1. The maximum Gasteiger partial charge on any atom is 0.355 e. The van der Waals surface area contributed by atoms with Crippen molar-refractivity contribution in [2.24, 2.45) is 0 Å². The third-order valence-corrected chi connectivity index (χ3v) is 4.61. The number of hydrogen-bond acceptors (Lipinski definition) is 5. The summed E-state index contributed by atoms with van der Waals surface area (Å²) in [7, 11) is 0. The third-order valence-electron chi connectivity index (χ3n) is 2.41. The van der Waals surface area contributed by atoms with Crippen molar-refractivity contribution in [1.82, 2.24) is 4.98 Å². The fourth-order valence-corrected chi connectivity index (χ4v) is 3.63. The SMILES string of the molecule is CC1(C)CN(c2nc(C(=O)O)cs2)CCS1. The van der Waals surface area contributed by atoms with E-state index in [-0.39, 0.29) is 10.4 Å². The van der Waals surface area contributed by atoms with Crippen LogP contribution in [0.25, 0.3) is 0 Å². The van der Waals surface area contributed by atoms with Gasteiger partial charge in [0.05, 0.1) is 0 Å². The summed E-state index contributed by atoms with van der Waals surface area (Å²) >= 11 is 3.36. The molecular weight excluding hydrogens is 244 g/mol. The molecule has 1 N–H and O–H groups in total. The summed E-state index contributed by atoms with van der Waals surface area (Å²) < 4.78 is 0.216. The average Bonchev–Trinajstić information content (AvgIpc) is 2.64. The monoisotopic (exact) mass is 258 g/mol. The molecule has 6 heteroatoms. The second-order valence-electron chi connectivity index (χ2n) is 4.35. The lowest BCUT2D eigenvalue weighted by Crippen LogP contribution is -2.43. The van der Waals surface area contributed by atoms with E-state index in [1.165, 1.54) is 11.3 Å². The van der Waals surface area contributed by atoms with Crippen molar-refractivity contribution in [1.29, 1.82) is 0 Å². The van der Waals surface area contributed by atoms with Gasteiger partial charge in [0.1, 0.15) is 0 Å². The zero-order valence-electron chi connectivity index (χ0n) is 9.27. The highest BCUT2D eigenvalue weighted by Gasteiger charge is 2.28. The average molecular weight is 258 g/mol. The van der Waals surface area contributed by atoms with Gasteiger partial charge in [0.15, 0.2) is 10.8 Å². The summed E-state index contributed by atoms with van der Waals surface area (Å²) in [5.74, 6) is 0.114. The van der Waals surface area contributed by atoms with Gasteiger partial charge in [-0.3, -0.25) is 0 Å². The number of nitrogens with zero attached hydrogens (tertiary/aromatic N) is 2. The van der Waals surface area contributed by atoms with Gasteiger partial charge in [-0.15, -0.1) is 11.3 Å². The second kappa shape index (κ2) is 4.25. The molecule has 0 aliphatic carbocycles. The molecule has 0 saturated carbocycles. The van der Waals surface area contributed by atoms with E-state index in [9.17, 15) is 4.79 Å². The molecule has 4 nitrogen and oxygen atoms in total. The molecule has 0 radical (unpaired) electrons. The van der Waals surface area contributed by atoms with Crippen LogP contribution in [0.1, 0.15) is 24.3 Å². The van der Waals surface area contributed by atoms with Gasteiger partial charge in [0.2, 0.25) is 0 Å². The summed E-state index contributed by atoms with van der Waals surface area (Å²) in [4.78, 5) is 17.1. The zero-order valence-corrected chi connectivity index (χ0v) is 10.9. The van der Waals surface area contributed by atoms with E-state index in [1.54, 1.807) is 5.38 Å². The van der Waals surface area contributed by atoms with Crippen LogP contribution in [0.3, 0.4) is 0 Å². The van der Waals surface area contributed by atoms with Crippen LogP contribution < -0.4 is 4.90 Å². The van der Waals surface area contributed by atoms with Crippen LogP contribution >= 0.6 is 23.1 Å². The second-order valence-corrected chi connectivity index (χ2v) is 6.99. The van der Waals surface area contributed by atoms with Crippen molar-refractivity contribution < 1.29 is 9.90 Å². The predicted octanol–water partition coefficient (Wildman–Crippen LogP) is 2.17. The standard InChI is InChI=1S/C10H14N2O2S2/c1-10(2)6-12(3-4-16-10)9-11-7(5-15-9)8(13)14/h5H,3-4,6H2,1-2H3,(H,13,14). The Bertz CT molecular complexity index is 403. The van der Waals surface area contributed by atoms with Gasteiger partial charge in [0, 0.05) is 29.0 Å². The number of anilines is 1. The van der Waals surface area contributed by atoms with Crippen molar-refractivity contribution in [2.45, 2.75) is 18.6 Å². The number of aromatic carboxylic acids is 1. The Morgan fingerprint density at radius 1 is 1.62 bits per heavy atom. The topological polar surface area (TPSA) is 53.4 Å². The minimum absolute atomic E-state index is 0.149. The summed E-state index contributed by atoms with van der Waals surface area (Å²) in [5.41, 5.74) is 0.149. The Kier molecular flexibility index (Phi) is 3.12. The Morgan fingerprint density at radius 2 is 2.38 bits per heavy atom. The van der Waals surface area contributed by atoms with Crippen LogP contribution in [0.5, 0.6) is 0 Å². The summed E-state index contributed by atoms with van der Waals surface area (Å²) in [6.07, 6.45) is 0. The van der Waals surface area contributed by atoms with E-state index in [0.717, 1.165) is 24.0 Å². The van der Waals surface area contributed by atoms with Crippen molar-refractivity contribution >= 4 is 34.2 Å². The van der Waals surface area contributed by atoms with Crippen LogP contribution in [-0.2, 0) is 0 Å². The van der Waals surface area contributed by atoms with Gasteiger partial charge in [-0.25, -0.2) is 9.78 Å². The molecule has 1 aromatic heterocycles. The van der Waals surface area contributed by atoms with Crippen LogP contribution in [0.15, 0.2) is 5.38 Å². The lowest BCUT2D eigenvalue weighted by atomic mass is 10.2. The molecule has 1 saturated heterocycles. The minimum Gasteiger partial charge on any atom is -0.476 e. The van der Waals surface area contributed by atoms with E-state index in [4.69, 9.17) is 5.11 Å². The van der Waals surface area contributed by atoms with Crippen LogP contribution in [0.4, 0.5) is 5.13 Å². The molecule has 0 spiro atoms. The number of thioether (sulfide) groups is 1. The van der Waals surface area contributed by atoms with Gasteiger partial charge < -0.3 is 10.0 Å². The van der Waals surface area contributed by atoms with Gasteiger partial charge in [-0.1, -0.05) is 0 Å². The number of rotatable bonds is 2. The van der Waals surface area contributed by atoms with Gasteiger partial charge in [-0.05, 0) is 13.8 Å². The number of carboxylic acids is 1. The lowest BCUT2D eigenvalue weighted by molar-refractivity contribution is 0.0691. The van der Waals surface area contributed by atoms with E-state index in [1.807, 2.05) is 11.8 Å². The van der Waals surface area contributed by atoms with Crippen molar-refractivity contribution in [3.63, 3.8) is 0 Å². The molecule has 1 fully saturated rings. The van der Waals surface area contributed by atoms with Crippen LogP contribution in [-0.4, -0.2) is 39.6 Å². The smallest absolute Gasteiger partial charge is 0.355 e. The van der Waals surface area contributed by atoms with E-state index >= 15 is 0 Å². The van der Waals surface area contributed by atoms with Gasteiger partial charge in [0.25, 0.3) is 0 Å². The first-order chi connectivity index (χ1) is 7.48. The van der Waals surface area contributed by atoms with Crippen molar-refractivity contribution in [3.8, 4) is 0 Å². The highest BCUT2D eigenvalue weighted by Crippen LogP contribution is 2.33. The number of aromatic nitrogens is 1. The quantitative estimate of drug-likeness (QED) is 0.881. The molecule has 0 amide bonds. The molecular formula is C10H14N2O2S2. The molecule has 1 aromatic rings. The first-order valence-corrected chi connectivity index (χ1v) is 6.92. The fraction of sp³-hybridized carbons (Fsp3) is 0.600. The highest BCUT2D eigenvalue weighted by molar-refractivity contribution is 8.00. The minimum atomic E-state index is -0.951. The molecule has 1 aliphatic rings. The highest BCUT2D eigenvalue weighted by atomic mass is 32.2. The molecule has 0 unspecified atom stereocenters. The van der Waals surface area contributed by atoms with Crippen LogP contribution in [0.2, 0.25) is 0 Å². The lowest BCUT2D eigenvalue weighted by Gasteiger charge is -2.37. The molecule has 0 aromatic carbocycles. The largest absolute Gasteiger partial charge is 0.476 e. The van der Waals surface area contributed by atoms with E-state index < -0.39 is 5.97 Å². The molecule has 0 bridgehead atoms. The maximum atomic E-state index is 10.7. The predicted molar refractivity (Wildman–Crippen MR) is 67.8 cm³/mol. The molecule has 16 heavy (non-hydrogen) atoms. The molecule has 88 valence electrons. The Balaban J connectivity index is 2.14. The number of hydrogen-bond donors (Lipinski definition) is 1. The van der Waals surface area contributed by atoms with Gasteiger partial charge >= 0.3 is 5.97 Å². The number of carboxylic acid groups (broad SMARTS) is 1. The molecule has 2 rings (SSSR count). The molecule has 1 aliphatic heterocycles. The first kappa shape index (κ1) is 11.7. The Hall–Kier alpha value is -0.750. The Labute approximate surface area is 103 Å². The van der Waals surface area contributed by atoms with Gasteiger partial charge in [-0.2, -0.15) is 11.8 Å². The number of thiazole rings is 1. The van der Waals surface area contributed by atoms with Crippen molar-refractivity contribution in [3.05, 3.63) is 11.1 Å². The summed E-state index contributed by atoms with van der Waals surface area (Å²) in [5, 5.41) is 11.2. The van der Waals surface area contributed by atoms with Crippen LogP contribution in [0, 0.1) is 0 Å². The fourth-order valence-electron chi connectivity index (χ4n) is 1.69. The third kappa shape index (κ3) is 2.49. The van der Waals surface area contributed by atoms with E-state index in [2.05, 4.69) is 23.7 Å². The molecule has 2 heterocycles. The maximum absolute atomic E-state index is 10.7. The molecule has 0 atom stereocenters. The van der Waals surface area contributed by atoms with Crippen molar-refractivity contribution in [2.75, 3.05) is 23.7 Å². The normalized spacial score (nSPS) is 19.8. The summed E-state index contributed by atoms with van der Waals surface area (Å²) in [6, 6.07) is 0. The Morgan fingerprint density at radius 3 is 2.94 bits per heavy atom.